The number of furan rings is 1. The number of para-hydroxylation sites is 1. The van der Waals surface area contributed by atoms with Gasteiger partial charge in [-0.15, -0.1) is 0 Å². The minimum Gasteiger partial charge on any atom is -0.459 e. The summed E-state index contributed by atoms with van der Waals surface area (Å²) in [5, 5.41) is 4.27. The fourth-order valence-electron chi connectivity index (χ4n) is 2.25. The van der Waals surface area contributed by atoms with Crippen molar-refractivity contribution in [1.82, 2.24) is 5.32 Å². The first-order valence-corrected chi connectivity index (χ1v) is 8.74. The summed E-state index contributed by atoms with van der Waals surface area (Å²) in [6.07, 6.45) is 1.38. The van der Waals surface area contributed by atoms with Crippen LogP contribution in [0, 0.1) is 0 Å². The van der Waals surface area contributed by atoms with Crippen molar-refractivity contribution < 1.29 is 12.8 Å². The number of sulfone groups is 1. The van der Waals surface area contributed by atoms with Crippen molar-refractivity contribution in [2.75, 3.05) is 18.6 Å². The van der Waals surface area contributed by atoms with E-state index in [9.17, 15) is 8.42 Å². The standard InChI is InChI=1S/C15H21NO3S/c1-3-20(17,18)10-6-8-13(16-2)15-11-12-7-4-5-9-14(12)19-15/h4-5,7,9,11,13,16H,3,6,8,10H2,1-2H3. The van der Waals surface area contributed by atoms with E-state index in [1.807, 2.05) is 37.4 Å². The van der Waals surface area contributed by atoms with E-state index in [2.05, 4.69) is 5.32 Å². The summed E-state index contributed by atoms with van der Waals surface area (Å²) in [4.78, 5) is 0. The Balaban J connectivity index is 2.04. The quantitative estimate of drug-likeness (QED) is 0.853. The zero-order valence-corrected chi connectivity index (χ0v) is 12.7. The van der Waals surface area contributed by atoms with E-state index in [0.29, 0.717) is 6.42 Å². The Labute approximate surface area is 120 Å². The van der Waals surface area contributed by atoms with Gasteiger partial charge in [-0.05, 0) is 32.0 Å². The van der Waals surface area contributed by atoms with E-state index in [-0.39, 0.29) is 17.5 Å². The molecule has 1 unspecified atom stereocenters. The summed E-state index contributed by atoms with van der Waals surface area (Å²) in [7, 11) is -1.02. The third-order valence-corrected chi connectivity index (χ3v) is 5.31. The number of rotatable bonds is 7. The first-order valence-electron chi connectivity index (χ1n) is 6.92. The fraction of sp³-hybridized carbons (Fsp3) is 0.467. The van der Waals surface area contributed by atoms with Crippen molar-refractivity contribution >= 4 is 20.8 Å². The van der Waals surface area contributed by atoms with Crippen molar-refractivity contribution in [3.05, 3.63) is 36.1 Å². The molecule has 2 rings (SSSR count). The molecule has 0 aliphatic heterocycles. The SMILES string of the molecule is CCS(=O)(=O)CCCC(NC)c1cc2ccccc2o1. The number of hydrogen-bond acceptors (Lipinski definition) is 4. The molecular formula is C15H21NO3S. The van der Waals surface area contributed by atoms with Gasteiger partial charge >= 0.3 is 0 Å². The van der Waals surface area contributed by atoms with Crippen molar-refractivity contribution in [2.45, 2.75) is 25.8 Å². The Morgan fingerprint density at radius 2 is 2.05 bits per heavy atom. The summed E-state index contributed by atoms with van der Waals surface area (Å²) < 4.78 is 28.8. The number of fused-ring (bicyclic) bond motifs is 1. The van der Waals surface area contributed by atoms with Crippen LogP contribution in [-0.4, -0.2) is 27.0 Å². The van der Waals surface area contributed by atoms with E-state index in [4.69, 9.17) is 4.42 Å². The van der Waals surface area contributed by atoms with Gasteiger partial charge in [-0.2, -0.15) is 0 Å². The van der Waals surface area contributed by atoms with Gasteiger partial charge in [-0.1, -0.05) is 25.1 Å². The smallest absolute Gasteiger partial charge is 0.150 e. The lowest BCUT2D eigenvalue weighted by Gasteiger charge is -2.13. The maximum Gasteiger partial charge on any atom is 0.150 e. The summed E-state index contributed by atoms with van der Waals surface area (Å²) in [6.45, 7) is 1.68. The molecule has 1 aromatic heterocycles. The molecule has 110 valence electrons. The van der Waals surface area contributed by atoms with Gasteiger partial charge in [0.25, 0.3) is 0 Å². The first-order chi connectivity index (χ1) is 9.55. The van der Waals surface area contributed by atoms with Crippen molar-refractivity contribution in [3.8, 4) is 0 Å². The zero-order valence-electron chi connectivity index (χ0n) is 11.9. The van der Waals surface area contributed by atoms with Crippen LogP contribution in [-0.2, 0) is 9.84 Å². The summed E-state index contributed by atoms with van der Waals surface area (Å²) in [5.74, 6) is 1.31. The molecule has 1 aromatic carbocycles. The van der Waals surface area contributed by atoms with Gasteiger partial charge < -0.3 is 9.73 Å². The summed E-state index contributed by atoms with van der Waals surface area (Å²) in [5.41, 5.74) is 0.865. The molecule has 0 spiro atoms. The lowest BCUT2D eigenvalue weighted by molar-refractivity contribution is 0.430. The molecule has 4 nitrogen and oxygen atoms in total. The Morgan fingerprint density at radius 3 is 2.70 bits per heavy atom. The predicted octanol–water partition coefficient (Wildman–Crippen LogP) is 2.91. The third-order valence-electron chi connectivity index (χ3n) is 3.52. The molecule has 0 saturated heterocycles. The lowest BCUT2D eigenvalue weighted by atomic mass is 10.1. The molecular weight excluding hydrogens is 274 g/mol. The number of nitrogens with one attached hydrogen (secondary N) is 1. The second-order valence-corrected chi connectivity index (χ2v) is 7.38. The number of hydrogen-bond donors (Lipinski definition) is 1. The maximum atomic E-state index is 11.5. The van der Waals surface area contributed by atoms with Crippen LogP contribution in [0.5, 0.6) is 0 Å². The molecule has 1 heterocycles. The monoisotopic (exact) mass is 295 g/mol. The lowest BCUT2D eigenvalue weighted by Crippen LogP contribution is -2.17. The van der Waals surface area contributed by atoms with Crippen LogP contribution in [0.3, 0.4) is 0 Å². The van der Waals surface area contributed by atoms with Gasteiger partial charge in [-0.3, -0.25) is 0 Å². The van der Waals surface area contributed by atoms with Gasteiger partial charge in [0.1, 0.15) is 21.2 Å². The Bertz CT molecular complexity index is 628. The van der Waals surface area contributed by atoms with Gasteiger partial charge in [0.15, 0.2) is 0 Å². The average molecular weight is 295 g/mol. The topological polar surface area (TPSA) is 59.3 Å². The highest BCUT2D eigenvalue weighted by Crippen LogP contribution is 2.26. The predicted molar refractivity (Wildman–Crippen MR) is 81.6 cm³/mol. The van der Waals surface area contributed by atoms with Crippen LogP contribution in [0.15, 0.2) is 34.7 Å². The second-order valence-electron chi connectivity index (χ2n) is 4.91. The average Bonchev–Trinajstić information content (AvgIpc) is 2.87. The fourth-order valence-corrected chi connectivity index (χ4v) is 3.15. The van der Waals surface area contributed by atoms with Gasteiger partial charge in [-0.25, -0.2) is 8.42 Å². The van der Waals surface area contributed by atoms with Crippen LogP contribution in [0.1, 0.15) is 31.6 Å². The molecule has 1 N–H and O–H groups in total. The normalized spacial score (nSPS) is 13.7. The van der Waals surface area contributed by atoms with Crippen LogP contribution in [0.2, 0.25) is 0 Å². The van der Waals surface area contributed by atoms with Gasteiger partial charge in [0, 0.05) is 11.1 Å². The molecule has 0 amide bonds. The van der Waals surface area contributed by atoms with Crippen LogP contribution in [0.4, 0.5) is 0 Å². The van der Waals surface area contributed by atoms with E-state index >= 15 is 0 Å². The highest BCUT2D eigenvalue weighted by Gasteiger charge is 2.16. The van der Waals surface area contributed by atoms with Gasteiger partial charge in [0.05, 0.1) is 11.8 Å². The molecule has 0 saturated carbocycles. The van der Waals surface area contributed by atoms with E-state index in [1.54, 1.807) is 6.92 Å². The molecule has 0 aliphatic rings. The van der Waals surface area contributed by atoms with Crippen molar-refractivity contribution in [2.24, 2.45) is 0 Å². The molecule has 5 heteroatoms. The van der Waals surface area contributed by atoms with E-state index in [0.717, 1.165) is 23.2 Å². The highest BCUT2D eigenvalue weighted by atomic mass is 32.2. The van der Waals surface area contributed by atoms with Crippen LogP contribution >= 0.6 is 0 Å². The molecule has 1 atom stereocenters. The first kappa shape index (κ1) is 15.1. The minimum atomic E-state index is -2.89. The maximum absolute atomic E-state index is 11.5. The molecule has 0 fully saturated rings. The molecule has 0 aliphatic carbocycles. The summed E-state index contributed by atoms with van der Waals surface area (Å²) >= 11 is 0. The van der Waals surface area contributed by atoms with Crippen LogP contribution < -0.4 is 5.32 Å². The highest BCUT2D eigenvalue weighted by molar-refractivity contribution is 7.91. The minimum absolute atomic E-state index is 0.0504. The molecule has 20 heavy (non-hydrogen) atoms. The molecule has 2 aromatic rings. The molecule has 0 bridgehead atoms. The second kappa shape index (κ2) is 6.41. The zero-order chi connectivity index (χ0) is 14.6. The molecule has 0 radical (unpaired) electrons. The van der Waals surface area contributed by atoms with E-state index < -0.39 is 9.84 Å². The van der Waals surface area contributed by atoms with Gasteiger partial charge in [0.2, 0.25) is 0 Å². The Kier molecular flexibility index (Phi) is 4.83. The Morgan fingerprint density at radius 1 is 1.30 bits per heavy atom. The largest absolute Gasteiger partial charge is 0.459 e. The van der Waals surface area contributed by atoms with Crippen molar-refractivity contribution in [1.29, 1.82) is 0 Å². The number of benzene rings is 1. The van der Waals surface area contributed by atoms with E-state index in [1.165, 1.54) is 0 Å². The third kappa shape index (κ3) is 3.61. The van der Waals surface area contributed by atoms with Crippen molar-refractivity contribution in [3.63, 3.8) is 0 Å². The Hall–Kier alpha value is -1.33. The summed E-state index contributed by atoms with van der Waals surface area (Å²) in [6, 6.07) is 9.94. The van der Waals surface area contributed by atoms with Crippen LogP contribution in [0.25, 0.3) is 11.0 Å².